The highest BCUT2D eigenvalue weighted by molar-refractivity contribution is 5.30. The topological polar surface area (TPSA) is 20.2 Å². The van der Waals surface area contributed by atoms with Crippen LogP contribution in [0.15, 0.2) is 0 Å². The van der Waals surface area contributed by atoms with E-state index in [2.05, 4.69) is 48.5 Å². The van der Waals surface area contributed by atoms with Gasteiger partial charge in [0, 0.05) is 0 Å². The maximum absolute atomic E-state index is 10.8. The van der Waals surface area contributed by atoms with Crippen LogP contribution in [0.3, 0.4) is 0 Å². The van der Waals surface area contributed by atoms with Crippen LogP contribution in [-0.2, 0) is 0 Å². The number of aliphatic hydroxyl groups excluding tert-OH is 1. The molecular formula is C30H52O. The van der Waals surface area contributed by atoms with Crippen molar-refractivity contribution in [2.75, 3.05) is 0 Å². The monoisotopic (exact) mass is 428 g/mol. The average Bonchev–Trinajstić information content (AvgIpc) is 3.27. The molecule has 31 heavy (non-hydrogen) atoms. The summed E-state index contributed by atoms with van der Waals surface area (Å²) in [5.74, 6) is 4.41. The lowest BCUT2D eigenvalue weighted by Crippen LogP contribution is -2.57. The summed E-state index contributed by atoms with van der Waals surface area (Å²) >= 11 is 0. The highest BCUT2D eigenvalue weighted by Crippen LogP contribution is 2.89. The van der Waals surface area contributed by atoms with Crippen molar-refractivity contribution >= 4 is 0 Å². The third kappa shape index (κ3) is 2.77. The summed E-state index contributed by atoms with van der Waals surface area (Å²) in [5, 5.41) is 10.8. The first-order valence-electron chi connectivity index (χ1n) is 14.1. The minimum Gasteiger partial charge on any atom is -0.393 e. The zero-order valence-corrected chi connectivity index (χ0v) is 21.9. The lowest BCUT2D eigenvalue weighted by Gasteiger charge is -2.63. The summed E-state index contributed by atoms with van der Waals surface area (Å²) in [7, 11) is 0. The van der Waals surface area contributed by atoms with Crippen LogP contribution in [-0.4, -0.2) is 11.2 Å². The molecule has 0 aromatic rings. The molecule has 1 unspecified atom stereocenters. The number of hydrogen-bond acceptors (Lipinski definition) is 1. The van der Waals surface area contributed by atoms with Crippen molar-refractivity contribution in [3.05, 3.63) is 0 Å². The van der Waals surface area contributed by atoms with Crippen LogP contribution in [0.4, 0.5) is 0 Å². The summed E-state index contributed by atoms with van der Waals surface area (Å²) in [6.45, 7) is 17.7. The van der Waals surface area contributed by atoms with E-state index >= 15 is 0 Å². The Balaban J connectivity index is 1.39. The molecule has 0 amide bonds. The third-order valence-electron chi connectivity index (χ3n) is 13.3. The Bertz CT molecular complexity index is 709. The van der Waals surface area contributed by atoms with E-state index in [4.69, 9.17) is 0 Å². The zero-order valence-electron chi connectivity index (χ0n) is 21.9. The van der Waals surface area contributed by atoms with Gasteiger partial charge >= 0.3 is 0 Å². The van der Waals surface area contributed by atoms with Crippen molar-refractivity contribution in [3.63, 3.8) is 0 Å². The molecule has 0 radical (unpaired) electrons. The molecule has 5 saturated carbocycles. The smallest absolute Gasteiger partial charge is 0.0594 e. The SMILES string of the molecule is CC(C)CCC[C@@H](C)[C@H]1CC[C@@]2(C)[C@@H]3CC[C@H]4C(C)(C)C(O)CC[C@@]45C[C@]35CC[C@]12C. The molecule has 178 valence electrons. The molecule has 5 rings (SSSR count). The van der Waals surface area contributed by atoms with Gasteiger partial charge in [-0.1, -0.05) is 67.7 Å². The van der Waals surface area contributed by atoms with E-state index in [1.807, 2.05) is 0 Å². The summed E-state index contributed by atoms with van der Waals surface area (Å²) in [5.41, 5.74) is 2.45. The van der Waals surface area contributed by atoms with Crippen molar-refractivity contribution in [2.24, 2.45) is 56.7 Å². The molecule has 5 aliphatic rings. The van der Waals surface area contributed by atoms with Gasteiger partial charge in [-0.2, -0.15) is 0 Å². The highest BCUT2D eigenvalue weighted by Gasteiger charge is 2.82. The van der Waals surface area contributed by atoms with Gasteiger partial charge in [-0.3, -0.25) is 0 Å². The number of aliphatic hydroxyl groups is 1. The molecule has 1 N–H and O–H groups in total. The Morgan fingerprint density at radius 2 is 1.42 bits per heavy atom. The molecule has 0 heterocycles. The molecule has 2 spiro atoms. The second-order valence-corrected chi connectivity index (χ2v) is 14.8. The molecule has 9 atom stereocenters. The molecule has 5 fully saturated rings. The Hall–Kier alpha value is -0.0400. The van der Waals surface area contributed by atoms with Crippen molar-refractivity contribution in [1.29, 1.82) is 0 Å². The maximum atomic E-state index is 10.8. The van der Waals surface area contributed by atoms with Crippen molar-refractivity contribution < 1.29 is 5.11 Å². The highest BCUT2D eigenvalue weighted by atomic mass is 16.3. The van der Waals surface area contributed by atoms with Crippen LogP contribution in [0.2, 0.25) is 0 Å². The molecule has 0 aromatic carbocycles. The van der Waals surface area contributed by atoms with Crippen LogP contribution in [0, 0.1) is 56.7 Å². The molecule has 5 aliphatic carbocycles. The van der Waals surface area contributed by atoms with E-state index in [0.29, 0.717) is 21.7 Å². The Morgan fingerprint density at radius 1 is 0.742 bits per heavy atom. The first kappa shape index (κ1) is 22.7. The van der Waals surface area contributed by atoms with Crippen LogP contribution < -0.4 is 0 Å². The van der Waals surface area contributed by atoms with Gasteiger partial charge < -0.3 is 5.11 Å². The molecule has 1 nitrogen and oxygen atoms in total. The van der Waals surface area contributed by atoms with Gasteiger partial charge in [-0.05, 0) is 114 Å². The van der Waals surface area contributed by atoms with E-state index in [1.165, 1.54) is 70.6 Å². The Kier molecular flexibility index (Phi) is 5.13. The van der Waals surface area contributed by atoms with E-state index in [-0.39, 0.29) is 11.5 Å². The van der Waals surface area contributed by atoms with Gasteiger partial charge in [0.1, 0.15) is 0 Å². The summed E-state index contributed by atoms with van der Waals surface area (Å²) in [4.78, 5) is 0. The largest absolute Gasteiger partial charge is 0.393 e. The second kappa shape index (κ2) is 6.99. The number of rotatable bonds is 5. The number of fused-ring (bicyclic) bond motifs is 2. The lowest BCUT2D eigenvalue weighted by atomic mass is 9.41. The van der Waals surface area contributed by atoms with Gasteiger partial charge in [0.2, 0.25) is 0 Å². The first-order chi connectivity index (χ1) is 14.4. The van der Waals surface area contributed by atoms with Crippen LogP contribution in [0.5, 0.6) is 0 Å². The van der Waals surface area contributed by atoms with Crippen molar-refractivity contribution in [2.45, 2.75) is 132 Å². The van der Waals surface area contributed by atoms with Gasteiger partial charge in [-0.25, -0.2) is 0 Å². The average molecular weight is 429 g/mol. The fourth-order valence-electron chi connectivity index (χ4n) is 11.3. The molecule has 0 aliphatic heterocycles. The van der Waals surface area contributed by atoms with Crippen LogP contribution in [0.1, 0.15) is 126 Å². The third-order valence-corrected chi connectivity index (χ3v) is 13.3. The zero-order chi connectivity index (χ0) is 22.4. The van der Waals surface area contributed by atoms with Crippen LogP contribution in [0.25, 0.3) is 0 Å². The fourth-order valence-corrected chi connectivity index (χ4v) is 11.3. The molecule has 1 heteroatoms. The van der Waals surface area contributed by atoms with Gasteiger partial charge in [0.05, 0.1) is 6.10 Å². The predicted octanol–water partition coefficient (Wildman–Crippen LogP) is 8.25. The summed E-state index contributed by atoms with van der Waals surface area (Å²) < 4.78 is 0. The van der Waals surface area contributed by atoms with E-state index in [1.54, 1.807) is 0 Å². The minimum atomic E-state index is -0.0793. The quantitative estimate of drug-likeness (QED) is 0.467. The molecular weight excluding hydrogens is 376 g/mol. The second-order valence-electron chi connectivity index (χ2n) is 14.8. The van der Waals surface area contributed by atoms with E-state index in [9.17, 15) is 5.11 Å². The summed E-state index contributed by atoms with van der Waals surface area (Å²) in [6.07, 6.45) is 16.9. The fraction of sp³-hybridized carbons (Fsp3) is 1.00. The minimum absolute atomic E-state index is 0.0793. The Labute approximate surface area is 193 Å². The maximum Gasteiger partial charge on any atom is 0.0594 e. The van der Waals surface area contributed by atoms with Crippen molar-refractivity contribution in [3.8, 4) is 0 Å². The van der Waals surface area contributed by atoms with Crippen LogP contribution >= 0.6 is 0 Å². The van der Waals surface area contributed by atoms with Gasteiger partial charge in [0.25, 0.3) is 0 Å². The Morgan fingerprint density at radius 3 is 2.13 bits per heavy atom. The lowest BCUT2D eigenvalue weighted by molar-refractivity contribution is -0.161. The molecule has 0 aromatic heterocycles. The van der Waals surface area contributed by atoms with E-state index in [0.717, 1.165) is 36.0 Å². The standard InChI is InChI=1S/C30H52O/c1-20(2)9-8-10-21(3)22-13-15-28(7)24-12-11-23-26(4,5)25(31)14-16-29(23)19-30(24,29)18-17-27(22,28)6/h20-25,31H,8-19H2,1-7H3/t21-,22-,23+,24+,25?,27-,28+,29-,30-/m1/s1. The normalized spacial score (nSPS) is 53.3. The first-order valence-corrected chi connectivity index (χ1v) is 14.1. The van der Waals surface area contributed by atoms with Crippen molar-refractivity contribution in [1.82, 2.24) is 0 Å². The molecule has 0 bridgehead atoms. The molecule has 0 saturated heterocycles. The number of hydrogen-bond donors (Lipinski definition) is 1. The summed E-state index contributed by atoms with van der Waals surface area (Å²) in [6, 6.07) is 0. The predicted molar refractivity (Wildman–Crippen MR) is 131 cm³/mol. The van der Waals surface area contributed by atoms with Gasteiger partial charge in [-0.15, -0.1) is 0 Å². The van der Waals surface area contributed by atoms with E-state index < -0.39 is 0 Å². The van der Waals surface area contributed by atoms with Gasteiger partial charge in [0.15, 0.2) is 0 Å².